The van der Waals surface area contributed by atoms with Crippen LogP contribution in [0.25, 0.3) is 11.1 Å². The third-order valence-electron chi connectivity index (χ3n) is 2.52. The highest BCUT2D eigenvalue weighted by atomic mass is 32.2. The molecule has 2 radical (unpaired) electrons. The summed E-state index contributed by atoms with van der Waals surface area (Å²) in [5.41, 5.74) is 1.52. The zero-order valence-corrected chi connectivity index (χ0v) is 8.51. The highest BCUT2D eigenvalue weighted by molar-refractivity contribution is 7.92. The first-order valence-corrected chi connectivity index (χ1v) is 5.95. The maximum Gasteiger partial charge on any atom is 0.207 e. The summed E-state index contributed by atoms with van der Waals surface area (Å²) in [5, 5.41) is 0. The topological polar surface area (TPSA) is 34.1 Å². The lowest BCUT2D eigenvalue weighted by Gasteiger charge is -1.95. The van der Waals surface area contributed by atoms with Crippen LogP contribution in [0, 0.1) is 12.1 Å². The molecule has 0 fully saturated rings. The van der Waals surface area contributed by atoms with Crippen LogP contribution in [-0.4, -0.2) is 8.42 Å². The zero-order valence-electron chi connectivity index (χ0n) is 7.69. The van der Waals surface area contributed by atoms with Crippen molar-refractivity contribution in [1.82, 2.24) is 0 Å². The van der Waals surface area contributed by atoms with Gasteiger partial charge in [-0.1, -0.05) is 24.3 Å². The minimum absolute atomic E-state index is 0.347. The normalized spacial score (nSPS) is 15.7. The van der Waals surface area contributed by atoms with Crippen molar-refractivity contribution in [2.24, 2.45) is 0 Å². The predicted octanol–water partition coefficient (Wildman–Crippen LogP) is 2.10. The van der Waals surface area contributed by atoms with Crippen LogP contribution in [0.1, 0.15) is 0 Å². The molecular weight excluding hydrogens is 208 g/mol. The van der Waals surface area contributed by atoms with Gasteiger partial charge in [-0.25, -0.2) is 8.42 Å². The summed E-state index contributed by atoms with van der Waals surface area (Å²) in [6.45, 7) is 0. The average Bonchev–Trinajstić information content (AvgIpc) is 2.51. The summed E-state index contributed by atoms with van der Waals surface area (Å²) in [4.78, 5) is 0.694. The van der Waals surface area contributed by atoms with E-state index in [4.69, 9.17) is 0 Å². The summed E-state index contributed by atoms with van der Waals surface area (Å²) in [7, 11) is -3.33. The first-order valence-electron chi connectivity index (χ1n) is 4.47. The largest absolute Gasteiger partial charge is 0.218 e. The summed E-state index contributed by atoms with van der Waals surface area (Å²) < 4.78 is 24.1. The number of sulfone groups is 1. The van der Waals surface area contributed by atoms with E-state index in [-0.39, 0.29) is 0 Å². The number of benzene rings is 2. The van der Waals surface area contributed by atoms with E-state index in [9.17, 15) is 8.42 Å². The van der Waals surface area contributed by atoms with Crippen molar-refractivity contribution in [3.8, 4) is 11.1 Å². The molecule has 1 heterocycles. The van der Waals surface area contributed by atoms with E-state index in [1.807, 2.05) is 0 Å². The second-order valence-corrected chi connectivity index (χ2v) is 5.23. The Bertz CT molecular complexity index is 591. The Morgan fingerprint density at radius 1 is 0.867 bits per heavy atom. The number of fused-ring (bicyclic) bond motifs is 3. The van der Waals surface area contributed by atoms with Crippen molar-refractivity contribution in [2.75, 3.05) is 0 Å². The van der Waals surface area contributed by atoms with Crippen LogP contribution >= 0.6 is 0 Å². The zero-order chi connectivity index (χ0) is 10.5. The summed E-state index contributed by atoms with van der Waals surface area (Å²) in [5.74, 6) is 0. The predicted molar refractivity (Wildman–Crippen MR) is 55.0 cm³/mol. The van der Waals surface area contributed by atoms with Gasteiger partial charge in [0.15, 0.2) is 0 Å². The molecule has 0 N–H and O–H groups in total. The standard InChI is InChI=1S/C12H6O2S/c13-15(14)11-7-3-1-5-9(11)10-6-2-4-8-12(10)15/h1-2,5-8H. The SMILES string of the molecule is O=S1(=O)c2c[c]ccc2-c2cc[c]cc21. The maximum absolute atomic E-state index is 12.0. The van der Waals surface area contributed by atoms with E-state index in [2.05, 4.69) is 12.1 Å². The Hall–Kier alpha value is -1.61. The van der Waals surface area contributed by atoms with Crippen LogP contribution in [0.5, 0.6) is 0 Å². The van der Waals surface area contributed by atoms with Gasteiger partial charge in [-0.05, 0) is 24.3 Å². The molecular formula is C12H6O2S. The van der Waals surface area contributed by atoms with Crippen LogP contribution in [-0.2, 0) is 9.84 Å². The molecule has 0 unspecified atom stereocenters. The Labute approximate surface area is 88.1 Å². The van der Waals surface area contributed by atoms with E-state index < -0.39 is 9.84 Å². The Balaban J connectivity index is 2.53. The molecule has 0 saturated heterocycles. The lowest BCUT2D eigenvalue weighted by Crippen LogP contribution is -1.95. The van der Waals surface area contributed by atoms with Crippen LogP contribution in [0.4, 0.5) is 0 Å². The molecule has 0 spiro atoms. The second kappa shape index (κ2) is 2.70. The molecule has 1 aliphatic heterocycles. The molecule has 2 nitrogen and oxygen atoms in total. The van der Waals surface area contributed by atoms with Gasteiger partial charge in [0.25, 0.3) is 0 Å². The van der Waals surface area contributed by atoms with Gasteiger partial charge in [0, 0.05) is 11.1 Å². The molecule has 2 aromatic rings. The van der Waals surface area contributed by atoms with Crippen molar-refractivity contribution in [3.05, 3.63) is 48.5 Å². The molecule has 0 amide bonds. The van der Waals surface area contributed by atoms with Gasteiger partial charge < -0.3 is 0 Å². The summed E-state index contributed by atoms with van der Waals surface area (Å²) in [6, 6.07) is 15.6. The minimum atomic E-state index is -3.33. The number of hydrogen-bond donors (Lipinski definition) is 0. The minimum Gasteiger partial charge on any atom is -0.218 e. The Morgan fingerprint density at radius 3 is 1.80 bits per heavy atom. The van der Waals surface area contributed by atoms with Gasteiger partial charge >= 0.3 is 0 Å². The van der Waals surface area contributed by atoms with Gasteiger partial charge in [-0.15, -0.1) is 0 Å². The van der Waals surface area contributed by atoms with E-state index in [1.165, 1.54) is 12.1 Å². The molecule has 3 rings (SSSR count). The third kappa shape index (κ3) is 1.01. The fourth-order valence-electron chi connectivity index (χ4n) is 1.84. The molecule has 0 atom stereocenters. The summed E-state index contributed by atoms with van der Waals surface area (Å²) >= 11 is 0. The van der Waals surface area contributed by atoms with Crippen molar-refractivity contribution < 1.29 is 8.42 Å². The van der Waals surface area contributed by atoms with Gasteiger partial charge in [0.2, 0.25) is 9.84 Å². The van der Waals surface area contributed by atoms with Crippen molar-refractivity contribution >= 4 is 9.84 Å². The molecule has 0 bridgehead atoms. The first kappa shape index (κ1) is 8.68. The van der Waals surface area contributed by atoms with E-state index >= 15 is 0 Å². The first-order chi connectivity index (χ1) is 7.21. The highest BCUT2D eigenvalue weighted by Gasteiger charge is 2.31. The fourth-order valence-corrected chi connectivity index (χ4v) is 3.46. The van der Waals surface area contributed by atoms with Crippen LogP contribution in [0.15, 0.2) is 46.2 Å². The smallest absolute Gasteiger partial charge is 0.207 e. The van der Waals surface area contributed by atoms with Crippen molar-refractivity contribution in [1.29, 1.82) is 0 Å². The van der Waals surface area contributed by atoms with Gasteiger partial charge in [0.1, 0.15) is 0 Å². The monoisotopic (exact) mass is 214 g/mol. The van der Waals surface area contributed by atoms with Gasteiger partial charge in [0.05, 0.1) is 9.79 Å². The maximum atomic E-state index is 12.0. The highest BCUT2D eigenvalue weighted by Crippen LogP contribution is 2.42. The molecule has 0 aliphatic carbocycles. The van der Waals surface area contributed by atoms with Crippen molar-refractivity contribution in [2.45, 2.75) is 9.79 Å². The van der Waals surface area contributed by atoms with Gasteiger partial charge in [-0.2, -0.15) is 0 Å². The van der Waals surface area contributed by atoms with E-state index in [0.29, 0.717) is 9.79 Å². The van der Waals surface area contributed by atoms with E-state index in [0.717, 1.165) is 11.1 Å². The molecule has 0 saturated carbocycles. The Morgan fingerprint density at radius 2 is 1.33 bits per heavy atom. The van der Waals surface area contributed by atoms with Crippen molar-refractivity contribution in [3.63, 3.8) is 0 Å². The number of rotatable bonds is 0. The average molecular weight is 214 g/mol. The Kier molecular flexibility index (Phi) is 1.56. The van der Waals surface area contributed by atoms with Crippen LogP contribution in [0.3, 0.4) is 0 Å². The number of hydrogen-bond acceptors (Lipinski definition) is 2. The lowest BCUT2D eigenvalue weighted by molar-refractivity contribution is 0.598. The molecule has 2 aromatic carbocycles. The van der Waals surface area contributed by atoms with Crippen LogP contribution < -0.4 is 0 Å². The molecule has 15 heavy (non-hydrogen) atoms. The van der Waals surface area contributed by atoms with E-state index in [1.54, 1.807) is 24.3 Å². The fraction of sp³-hybridized carbons (Fsp3) is 0. The third-order valence-corrected chi connectivity index (χ3v) is 4.36. The van der Waals surface area contributed by atoms with Gasteiger partial charge in [-0.3, -0.25) is 0 Å². The van der Waals surface area contributed by atoms with Crippen LogP contribution in [0.2, 0.25) is 0 Å². The molecule has 0 aromatic heterocycles. The second-order valence-electron chi connectivity index (χ2n) is 3.35. The molecule has 3 heteroatoms. The lowest BCUT2D eigenvalue weighted by atomic mass is 10.1. The molecule has 1 aliphatic rings. The summed E-state index contributed by atoms with van der Waals surface area (Å²) in [6.07, 6.45) is 0. The quantitative estimate of drug-likeness (QED) is 0.574. The molecule has 72 valence electrons.